The van der Waals surface area contributed by atoms with E-state index in [0.29, 0.717) is 22.9 Å². The summed E-state index contributed by atoms with van der Waals surface area (Å²) in [5, 5.41) is 5.59. The van der Waals surface area contributed by atoms with E-state index in [9.17, 15) is 9.59 Å². The summed E-state index contributed by atoms with van der Waals surface area (Å²) in [7, 11) is 0. The number of amides is 2. The summed E-state index contributed by atoms with van der Waals surface area (Å²) in [6, 6.07) is 5.17. The van der Waals surface area contributed by atoms with Gasteiger partial charge in [-0.25, -0.2) is 0 Å². The predicted molar refractivity (Wildman–Crippen MR) is 94.3 cm³/mol. The lowest BCUT2D eigenvalue weighted by Crippen LogP contribution is -2.28. The molecule has 3 aliphatic rings. The molecular weight excluding hydrogens is 340 g/mol. The molecule has 0 unspecified atom stereocenters. The van der Waals surface area contributed by atoms with Crippen LogP contribution in [0.5, 0.6) is 5.75 Å². The van der Waals surface area contributed by atoms with Crippen molar-refractivity contribution in [2.75, 3.05) is 6.61 Å². The summed E-state index contributed by atoms with van der Waals surface area (Å²) < 4.78 is 5.41. The standard InChI is InChI=1S/C19H17ClN2O3/c1-2-7-25-15-6-3-11(8-14(15)20)10-21-22-18(23)16-12-4-5-13(9-12)17(16)19(22)24/h2-6,8,10,12-13,16-17H,1,7,9H2/t12-,13-,16-,17+/m0/s1. The molecule has 0 radical (unpaired) electrons. The Kier molecular flexibility index (Phi) is 3.96. The Morgan fingerprint density at radius 1 is 1.24 bits per heavy atom. The lowest BCUT2D eigenvalue weighted by atomic mass is 9.85. The number of fused-ring (bicyclic) bond motifs is 5. The lowest BCUT2D eigenvalue weighted by molar-refractivity contribution is -0.140. The first-order chi connectivity index (χ1) is 12.1. The Balaban J connectivity index is 1.51. The number of allylic oxidation sites excluding steroid dienone is 2. The minimum absolute atomic E-state index is 0.183. The first kappa shape index (κ1) is 16.1. The van der Waals surface area contributed by atoms with Gasteiger partial charge >= 0.3 is 0 Å². The van der Waals surface area contributed by atoms with Crippen molar-refractivity contribution in [1.82, 2.24) is 5.01 Å². The van der Waals surface area contributed by atoms with E-state index in [1.165, 1.54) is 6.21 Å². The molecule has 1 aliphatic heterocycles. The molecule has 5 nitrogen and oxygen atoms in total. The number of halogens is 1. The zero-order valence-corrected chi connectivity index (χ0v) is 14.2. The number of ether oxygens (including phenoxy) is 1. The van der Waals surface area contributed by atoms with E-state index in [4.69, 9.17) is 16.3 Å². The van der Waals surface area contributed by atoms with Crippen LogP contribution in [0.15, 0.2) is 48.1 Å². The minimum Gasteiger partial charge on any atom is -0.488 e. The van der Waals surface area contributed by atoms with E-state index < -0.39 is 0 Å². The third-order valence-corrected chi connectivity index (χ3v) is 5.38. The van der Waals surface area contributed by atoms with E-state index in [2.05, 4.69) is 23.8 Å². The van der Waals surface area contributed by atoms with Crippen LogP contribution in [-0.2, 0) is 9.59 Å². The molecule has 4 rings (SSSR count). The number of rotatable bonds is 5. The average Bonchev–Trinajstić information content (AvgIpc) is 3.27. The Labute approximate surface area is 150 Å². The fraction of sp³-hybridized carbons (Fsp3) is 0.316. The number of carbonyl (C=O) groups excluding carboxylic acids is 2. The van der Waals surface area contributed by atoms with Crippen molar-refractivity contribution < 1.29 is 14.3 Å². The Morgan fingerprint density at radius 2 is 1.92 bits per heavy atom. The number of nitrogens with zero attached hydrogens (tertiary/aromatic N) is 2. The van der Waals surface area contributed by atoms with Crippen LogP contribution in [0.1, 0.15) is 12.0 Å². The molecular formula is C19H17ClN2O3. The molecule has 1 saturated carbocycles. The van der Waals surface area contributed by atoms with Gasteiger partial charge in [-0.05, 0) is 42.0 Å². The summed E-state index contributed by atoms with van der Waals surface area (Å²) in [6.45, 7) is 3.95. The van der Waals surface area contributed by atoms with E-state index in [1.54, 1.807) is 24.3 Å². The van der Waals surface area contributed by atoms with E-state index in [-0.39, 0.29) is 35.5 Å². The smallest absolute Gasteiger partial charge is 0.254 e. The second kappa shape index (κ2) is 6.15. The lowest BCUT2D eigenvalue weighted by Gasteiger charge is -2.13. The number of hydrogen-bond donors (Lipinski definition) is 0. The fourth-order valence-electron chi connectivity index (χ4n) is 3.99. The first-order valence-corrected chi connectivity index (χ1v) is 8.61. The average molecular weight is 357 g/mol. The van der Waals surface area contributed by atoms with Crippen molar-refractivity contribution in [3.63, 3.8) is 0 Å². The highest BCUT2D eigenvalue weighted by molar-refractivity contribution is 6.32. The maximum atomic E-state index is 12.5. The number of benzene rings is 1. The molecule has 6 heteroatoms. The van der Waals surface area contributed by atoms with Crippen molar-refractivity contribution in [3.05, 3.63) is 53.6 Å². The molecule has 2 aliphatic carbocycles. The summed E-state index contributed by atoms with van der Waals surface area (Å²) in [5.41, 5.74) is 0.690. The Morgan fingerprint density at radius 3 is 2.52 bits per heavy atom. The van der Waals surface area contributed by atoms with Crippen molar-refractivity contribution in [3.8, 4) is 5.75 Å². The SMILES string of the molecule is C=CCOc1ccc(C=NN2C(=O)[C@@H]3[C@H](C2=O)[C@H]2C=C[C@H]3C2)cc1Cl. The molecule has 2 amide bonds. The highest BCUT2D eigenvalue weighted by Crippen LogP contribution is 2.52. The van der Waals surface area contributed by atoms with Gasteiger partial charge in [0.15, 0.2) is 0 Å². The van der Waals surface area contributed by atoms with Gasteiger partial charge in [-0.1, -0.05) is 36.4 Å². The van der Waals surface area contributed by atoms with Gasteiger partial charge < -0.3 is 4.74 Å². The molecule has 128 valence electrons. The molecule has 1 aromatic rings. The molecule has 1 aromatic carbocycles. The third kappa shape index (κ3) is 2.59. The molecule has 0 aromatic heterocycles. The number of hydrogen-bond acceptors (Lipinski definition) is 4. The van der Waals surface area contributed by atoms with Gasteiger partial charge in [0.1, 0.15) is 12.4 Å². The van der Waals surface area contributed by atoms with Gasteiger partial charge in [-0.15, -0.1) is 0 Å². The molecule has 25 heavy (non-hydrogen) atoms. The van der Waals surface area contributed by atoms with Gasteiger partial charge in [-0.2, -0.15) is 10.1 Å². The summed E-state index contributed by atoms with van der Waals surface area (Å²) in [5.74, 6) is 0.0464. The summed E-state index contributed by atoms with van der Waals surface area (Å²) in [6.07, 6.45) is 8.15. The van der Waals surface area contributed by atoms with Gasteiger partial charge in [-0.3, -0.25) is 9.59 Å². The fourth-order valence-corrected chi connectivity index (χ4v) is 4.23. The zero-order valence-electron chi connectivity index (χ0n) is 13.5. The molecule has 0 N–H and O–H groups in total. The van der Waals surface area contributed by atoms with E-state index in [0.717, 1.165) is 11.4 Å². The quantitative estimate of drug-likeness (QED) is 0.463. The Bertz CT molecular complexity index is 787. The second-order valence-electron chi connectivity index (χ2n) is 6.52. The van der Waals surface area contributed by atoms with Crippen LogP contribution < -0.4 is 4.74 Å². The van der Waals surface area contributed by atoms with Gasteiger partial charge in [0.05, 0.1) is 23.1 Å². The summed E-state index contributed by atoms with van der Waals surface area (Å²) in [4.78, 5) is 25.1. The van der Waals surface area contributed by atoms with Crippen LogP contribution in [0.2, 0.25) is 5.02 Å². The van der Waals surface area contributed by atoms with Gasteiger partial charge in [0.2, 0.25) is 0 Å². The van der Waals surface area contributed by atoms with Crippen LogP contribution in [0, 0.1) is 23.7 Å². The highest BCUT2D eigenvalue weighted by atomic mass is 35.5. The maximum absolute atomic E-state index is 12.5. The van der Waals surface area contributed by atoms with Crippen molar-refractivity contribution in [1.29, 1.82) is 0 Å². The summed E-state index contributed by atoms with van der Waals surface area (Å²) >= 11 is 6.17. The number of hydrazone groups is 1. The van der Waals surface area contributed by atoms with E-state index >= 15 is 0 Å². The van der Waals surface area contributed by atoms with Crippen LogP contribution in [0.25, 0.3) is 0 Å². The monoisotopic (exact) mass is 356 g/mol. The first-order valence-electron chi connectivity index (χ1n) is 8.23. The molecule has 2 fully saturated rings. The Hall–Kier alpha value is -2.40. The maximum Gasteiger partial charge on any atom is 0.254 e. The topological polar surface area (TPSA) is 59.0 Å². The number of carbonyl (C=O) groups is 2. The largest absolute Gasteiger partial charge is 0.488 e. The van der Waals surface area contributed by atoms with Crippen LogP contribution in [0.3, 0.4) is 0 Å². The molecule has 0 spiro atoms. The van der Waals surface area contributed by atoms with Crippen LogP contribution in [0.4, 0.5) is 0 Å². The van der Waals surface area contributed by atoms with Crippen molar-refractivity contribution in [2.45, 2.75) is 6.42 Å². The zero-order chi connectivity index (χ0) is 17.6. The molecule has 4 atom stereocenters. The van der Waals surface area contributed by atoms with Crippen LogP contribution in [-0.4, -0.2) is 29.6 Å². The van der Waals surface area contributed by atoms with Gasteiger partial charge in [0.25, 0.3) is 11.8 Å². The highest BCUT2D eigenvalue weighted by Gasteiger charge is 2.59. The third-order valence-electron chi connectivity index (χ3n) is 5.08. The normalized spacial score (nSPS) is 29.7. The number of imide groups is 1. The molecule has 2 bridgehead atoms. The predicted octanol–water partition coefficient (Wildman–Crippen LogP) is 3.05. The van der Waals surface area contributed by atoms with Gasteiger partial charge in [0, 0.05) is 0 Å². The molecule has 1 saturated heterocycles. The van der Waals surface area contributed by atoms with Crippen molar-refractivity contribution in [2.24, 2.45) is 28.8 Å². The second-order valence-corrected chi connectivity index (χ2v) is 6.93. The molecule has 1 heterocycles. The minimum atomic E-state index is -0.238. The van der Waals surface area contributed by atoms with E-state index in [1.807, 2.05) is 0 Å². The van der Waals surface area contributed by atoms with Crippen molar-refractivity contribution >= 4 is 29.6 Å². The van der Waals surface area contributed by atoms with Crippen LogP contribution >= 0.6 is 11.6 Å².